The van der Waals surface area contributed by atoms with Crippen molar-refractivity contribution in [2.45, 2.75) is 25.8 Å². The molecule has 0 unspecified atom stereocenters. The molecule has 0 fully saturated rings. The Bertz CT molecular complexity index is 252. The van der Waals surface area contributed by atoms with Gasteiger partial charge in [0, 0.05) is 18.0 Å². The minimum atomic E-state index is 0.0381. The number of hydrogen-bond donors (Lipinski definition) is 1. The van der Waals surface area contributed by atoms with Gasteiger partial charge in [0.05, 0.1) is 6.26 Å². The molecule has 0 saturated carbocycles. The van der Waals surface area contributed by atoms with Crippen molar-refractivity contribution in [2.24, 2.45) is 5.73 Å². The van der Waals surface area contributed by atoms with Gasteiger partial charge in [-0.3, -0.25) is 0 Å². The number of aryl methyl sites for hydroxylation is 1. The molecule has 0 amide bonds. The Balaban J connectivity index is 2.78. The van der Waals surface area contributed by atoms with Crippen LogP contribution in [0.4, 0.5) is 0 Å². The van der Waals surface area contributed by atoms with Crippen LogP contribution in [0.25, 0.3) is 0 Å². The quantitative estimate of drug-likeness (QED) is 0.696. The van der Waals surface area contributed by atoms with Crippen LogP contribution in [0.5, 0.6) is 0 Å². The lowest BCUT2D eigenvalue weighted by Crippen LogP contribution is -2.09. The molecule has 12 heavy (non-hydrogen) atoms. The molecule has 0 aromatic carbocycles. The van der Waals surface area contributed by atoms with E-state index in [4.69, 9.17) is 10.2 Å². The predicted octanol–water partition coefficient (Wildman–Crippen LogP) is 2.42. The van der Waals surface area contributed by atoms with Crippen LogP contribution in [-0.2, 0) is 6.42 Å². The lowest BCUT2D eigenvalue weighted by atomic mass is 10.0. The van der Waals surface area contributed by atoms with Crippen molar-refractivity contribution in [3.05, 3.63) is 36.3 Å². The van der Waals surface area contributed by atoms with Gasteiger partial charge in [0.2, 0.25) is 0 Å². The largest absolute Gasteiger partial charge is 0.469 e. The zero-order valence-corrected chi connectivity index (χ0v) is 7.42. The molecule has 2 nitrogen and oxygen atoms in total. The Morgan fingerprint density at radius 3 is 3.08 bits per heavy atom. The fourth-order valence-corrected chi connectivity index (χ4v) is 1.27. The Morgan fingerprint density at radius 1 is 1.75 bits per heavy atom. The highest BCUT2D eigenvalue weighted by Gasteiger charge is 2.10. The lowest BCUT2D eigenvalue weighted by Gasteiger charge is -2.07. The molecule has 0 bridgehead atoms. The Labute approximate surface area is 73.1 Å². The predicted molar refractivity (Wildman–Crippen MR) is 49.8 cm³/mol. The van der Waals surface area contributed by atoms with Crippen LogP contribution in [0, 0.1) is 0 Å². The Morgan fingerprint density at radius 2 is 2.50 bits per heavy atom. The zero-order chi connectivity index (χ0) is 8.97. The molecule has 1 rings (SSSR count). The number of rotatable bonds is 4. The van der Waals surface area contributed by atoms with Gasteiger partial charge < -0.3 is 10.2 Å². The Kier molecular flexibility index (Phi) is 3.11. The van der Waals surface area contributed by atoms with Crippen LogP contribution in [-0.4, -0.2) is 0 Å². The third kappa shape index (κ3) is 1.77. The van der Waals surface area contributed by atoms with E-state index in [1.165, 1.54) is 0 Å². The number of furan rings is 1. The maximum absolute atomic E-state index is 5.90. The van der Waals surface area contributed by atoms with E-state index in [-0.39, 0.29) is 6.04 Å². The van der Waals surface area contributed by atoms with Crippen LogP contribution >= 0.6 is 0 Å². The molecule has 1 heterocycles. The molecule has 0 aliphatic rings. The fourth-order valence-electron chi connectivity index (χ4n) is 1.27. The standard InChI is InChI=1S/C10H15NO/c1-3-5-9(11)8-6-7-12-10(8)4-2/h3,6-7,9H,1,4-5,11H2,2H3/t9-/m0/s1. The van der Waals surface area contributed by atoms with E-state index in [0.717, 1.165) is 24.2 Å². The summed E-state index contributed by atoms with van der Waals surface area (Å²) in [6, 6.07) is 1.98. The topological polar surface area (TPSA) is 39.2 Å². The smallest absolute Gasteiger partial charge is 0.108 e. The minimum absolute atomic E-state index is 0.0381. The molecule has 0 spiro atoms. The highest BCUT2D eigenvalue weighted by Crippen LogP contribution is 2.20. The summed E-state index contributed by atoms with van der Waals surface area (Å²) in [4.78, 5) is 0. The highest BCUT2D eigenvalue weighted by molar-refractivity contribution is 5.21. The van der Waals surface area contributed by atoms with Gasteiger partial charge in [-0.15, -0.1) is 6.58 Å². The molecule has 1 aromatic heterocycles. The van der Waals surface area contributed by atoms with Crippen molar-refractivity contribution in [3.63, 3.8) is 0 Å². The maximum Gasteiger partial charge on any atom is 0.108 e. The molecular weight excluding hydrogens is 150 g/mol. The average Bonchev–Trinajstić information content (AvgIpc) is 2.51. The van der Waals surface area contributed by atoms with Crippen LogP contribution in [0.15, 0.2) is 29.4 Å². The van der Waals surface area contributed by atoms with Gasteiger partial charge in [-0.2, -0.15) is 0 Å². The van der Waals surface area contributed by atoms with E-state index in [2.05, 4.69) is 13.5 Å². The van der Waals surface area contributed by atoms with Crippen molar-refractivity contribution in [2.75, 3.05) is 0 Å². The van der Waals surface area contributed by atoms with Crippen molar-refractivity contribution >= 4 is 0 Å². The van der Waals surface area contributed by atoms with Crippen LogP contribution < -0.4 is 5.73 Å². The molecule has 0 saturated heterocycles. The van der Waals surface area contributed by atoms with Gasteiger partial charge in [-0.25, -0.2) is 0 Å². The van der Waals surface area contributed by atoms with Crippen LogP contribution in [0.3, 0.4) is 0 Å². The SMILES string of the molecule is C=CC[C@H](N)c1ccoc1CC. The molecule has 0 radical (unpaired) electrons. The third-order valence-electron chi connectivity index (χ3n) is 1.92. The second-order valence-electron chi connectivity index (χ2n) is 2.78. The van der Waals surface area contributed by atoms with E-state index in [1.54, 1.807) is 6.26 Å². The first-order valence-electron chi connectivity index (χ1n) is 4.22. The molecule has 2 heteroatoms. The van der Waals surface area contributed by atoms with E-state index >= 15 is 0 Å². The second-order valence-corrected chi connectivity index (χ2v) is 2.78. The summed E-state index contributed by atoms with van der Waals surface area (Å²) in [7, 11) is 0. The molecule has 2 N–H and O–H groups in total. The normalized spacial score (nSPS) is 12.8. The molecule has 0 aliphatic carbocycles. The van der Waals surface area contributed by atoms with Gasteiger partial charge >= 0.3 is 0 Å². The summed E-state index contributed by atoms with van der Waals surface area (Å²) in [5, 5.41) is 0. The summed E-state index contributed by atoms with van der Waals surface area (Å²) in [6.45, 7) is 5.71. The molecule has 1 aromatic rings. The zero-order valence-electron chi connectivity index (χ0n) is 7.42. The summed E-state index contributed by atoms with van der Waals surface area (Å²) < 4.78 is 5.27. The van der Waals surface area contributed by atoms with E-state index in [9.17, 15) is 0 Å². The van der Waals surface area contributed by atoms with Gasteiger partial charge in [0.1, 0.15) is 5.76 Å². The van der Waals surface area contributed by atoms with Crippen molar-refractivity contribution < 1.29 is 4.42 Å². The number of hydrogen-bond acceptors (Lipinski definition) is 2. The fraction of sp³-hybridized carbons (Fsp3) is 0.400. The molecule has 1 atom stereocenters. The summed E-state index contributed by atoms with van der Waals surface area (Å²) in [5.74, 6) is 0.990. The maximum atomic E-state index is 5.90. The van der Waals surface area contributed by atoms with E-state index < -0.39 is 0 Å². The van der Waals surface area contributed by atoms with Crippen molar-refractivity contribution in [1.82, 2.24) is 0 Å². The van der Waals surface area contributed by atoms with Crippen LogP contribution in [0.2, 0.25) is 0 Å². The number of nitrogens with two attached hydrogens (primary N) is 1. The monoisotopic (exact) mass is 165 g/mol. The first-order chi connectivity index (χ1) is 5.79. The summed E-state index contributed by atoms with van der Waals surface area (Å²) in [5.41, 5.74) is 7.00. The average molecular weight is 165 g/mol. The first-order valence-corrected chi connectivity index (χ1v) is 4.22. The Hall–Kier alpha value is -1.02. The van der Waals surface area contributed by atoms with Crippen molar-refractivity contribution in [1.29, 1.82) is 0 Å². The second kappa shape index (κ2) is 4.12. The molecular formula is C10H15NO. The first kappa shape index (κ1) is 9.07. The van der Waals surface area contributed by atoms with Gasteiger partial charge in [0.25, 0.3) is 0 Å². The summed E-state index contributed by atoms with van der Waals surface area (Å²) in [6.07, 6.45) is 5.22. The van der Waals surface area contributed by atoms with Crippen LogP contribution in [0.1, 0.15) is 30.7 Å². The lowest BCUT2D eigenvalue weighted by molar-refractivity contribution is 0.506. The van der Waals surface area contributed by atoms with Gasteiger partial charge in [-0.1, -0.05) is 13.0 Å². The molecule has 66 valence electrons. The summed E-state index contributed by atoms with van der Waals surface area (Å²) >= 11 is 0. The highest BCUT2D eigenvalue weighted by atomic mass is 16.3. The third-order valence-corrected chi connectivity index (χ3v) is 1.92. The van der Waals surface area contributed by atoms with Gasteiger partial charge in [0.15, 0.2) is 0 Å². The van der Waals surface area contributed by atoms with Gasteiger partial charge in [-0.05, 0) is 12.5 Å². The van der Waals surface area contributed by atoms with E-state index in [0.29, 0.717) is 0 Å². The van der Waals surface area contributed by atoms with E-state index in [1.807, 2.05) is 12.1 Å². The minimum Gasteiger partial charge on any atom is -0.469 e. The molecule has 0 aliphatic heterocycles. The van der Waals surface area contributed by atoms with Crippen molar-refractivity contribution in [3.8, 4) is 0 Å².